The lowest BCUT2D eigenvalue weighted by Crippen LogP contribution is -2.22. The van der Waals surface area contributed by atoms with Crippen molar-refractivity contribution in [3.8, 4) is 11.8 Å². The van der Waals surface area contributed by atoms with Crippen molar-refractivity contribution in [1.82, 2.24) is 0 Å². The molecule has 1 atom stereocenters. The average Bonchev–Trinajstić information content (AvgIpc) is 2.25. The van der Waals surface area contributed by atoms with E-state index in [2.05, 4.69) is 18.4 Å². The maximum absolute atomic E-state index is 5.51. The van der Waals surface area contributed by atoms with Crippen molar-refractivity contribution in [2.45, 2.75) is 38.4 Å². The zero-order valence-electron chi connectivity index (χ0n) is 8.63. The van der Waals surface area contributed by atoms with Crippen molar-refractivity contribution in [3.05, 3.63) is 12.7 Å². The van der Waals surface area contributed by atoms with E-state index in [-0.39, 0.29) is 6.29 Å². The first-order valence-corrected chi connectivity index (χ1v) is 5.23. The smallest absolute Gasteiger partial charge is 0.157 e. The Labute approximate surface area is 86.3 Å². The molecule has 1 heterocycles. The summed E-state index contributed by atoms with van der Waals surface area (Å²) in [6.45, 7) is 5.11. The van der Waals surface area contributed by atoms with Gasteiger partial charge in [0.2, 0.25) is 0 Å². The average molecular weight is 194 g/mol. The number of hydrogen-bond acceptors (Lipinski definition) is 2. The molecule has 0 amide bonds. The first kappa shape index (κ1) is 11.3. The van der Waals surface area contributed by atoms with E-state index in [0.717, 1.165) is 25.9 Å². The summed E-state index contributed by atoms with van der Waals surface area (Å²) in [7, 11) is 0. The van der Waals surface area contributed by atoms with Gasteiger partial charge in [-0.15, -0.1) is 12.5 Å². The maximum Gasteiger partial charge on any atom is 0.157 e. The highest BCUT2D eigenvalue weighted by atomic mass is 16.7. The first-order chi connectivity index (χ1) is 6.93. The van der Waals surface area contributed by atoms with E-state index in [9.17, 15) is 0 Å². The molecule has 0 N–H and O–H groups in total. The largest absolute Gasteiger partial charge is 0.353 e. The van der Waals surface area contributed by atoms with Gasteiger partial charge in [-0.25, -0.2) is 0 Å². The van der Waals surface area contributed by atoms with Gasteiger partial charge in [0.05, 0.1) is 6.61 Å². The number of rotatable bonds is 4. The molecular weight excluding hydrogens is 176 g/mol. The molecule has 0 spiro atoms. The molecule has 0 radical (unpaired) electrons. The van der Waals surface area contributed by atoms with Gasteiger partial charge in [-0.2, -0.15) is 0 Å². The Morgan fingerprint density at radius 3 is 3.07 bits per heavy atom. The molecule has 1 fully saturated rings. The van der Waals surface area contributed by atoms with E-state index >= 15 is 0 Å². The van der Waals surface area contributed by atoms with Gasteiger partial charge >= 0.3 is 0 Å². The first-order valence-electron chi connectivity index (χ1n) is 5.23. The minimum absolute atomic E-state index is 0.0185. The molecule has 0 aromatic rings. The van der Waals surface area contributed by atoms with Crippen LogP contribution in [0.25, 0.3) is 0 Å². The van der Waals surface area contributed by atoms with E-state index in [0.29, 0.717) is 6.61 Å². The lowest BCUT2D eigenvalue weighted by atomic mass is 10.2. The van der Waals surface area contributed by atoms with Crippen LogP contribution >= 0.6 is 0 Å². The highest BCUT2D eigenvalue weighted by Gasteiger charge is 2.12. The van der Waals surface area contributed by atoms with Crippen LogP contribution in [0.3, 0.4) is 0 Å². The van der Waals surface area contributed by atoms with E-state index in [1.807, 2.05) is 0 Å². The minimum Gasteiger partial charge on any atom is -0.353 e. The summed E-state index contributed by atoms with van der Waals surface area (Å²) < 4.78 is 10.9. The molecule has 0 bridgehead atoms. The molecule has 0 saturated carbocycles. The van der Waals surface area contributed by atoms with E-state index in [1.54, 1.807) is 6.08 Å². The fourth-order valence-electron chi connectivity index (χ4n) is 1.32. The lowest BCUT2D eigenvalue weighted by molar-refractivity contribution is -0.161. The van der Waals surface area contributed by atoms with Crippen LogP contribution in [0.15, 0.2) is 12.7 Å². The predicted molar refractivity (Wildman–Crippen MR) is 56.8 cm³/mol. The highest BCUT2D eigenvalue weighted by molar-refractivity contribution is 5.02. The summed E-state index contributed by atoms with van der Waals surface area (Å²) in [5, 5.41) is 0. The molecule has 2 nitrogen and oxygen atoms in total. The second-order valence-corrected chi connectivity index (χ2v) is 3.26. The molecule has 0 aliphatic carbocycles. The van der Waals surface area contributed by atoms with Crippen LogP contribution in [0.1, 0.15) is 32.1 Å². The van der Waals surface area contributed by atoms with Gasteiger partial charge in [0, 0.05) is 19.4 Å². The van der Waals surface area contributed by atoms with Crippen LogP contribution in [0.2, 0.25) is 0 Å². The molecule has 1 unspecified atom stereocenters. The molecule has 1 saturated heterocycles. The van der Waals surface area contributed by atoms with Crippen LogP contribution in [0, 0.1) is 11.8 Å². The lowest BCUT2D eigenvalue weighted by Gasteiger charge is -2.22. The van der Waals surface area contributed by atoms with Crippen LogP contribution in [0.4, 0.5) is 0 Å². The quantitative estimate of drug-likeness (QED) is 0.389. The van der Waals surface area contributed by atoms with E-state index in [4.69, 9.17) is 9.47 Å². The SMILES string of the molecule is C=CCC#CCCOC1CCCCO1. The van der Waals surface area contributed by atoms with Gasteiger partial charge in [0.1, 0.15) is 0 Å². The summed E-state index contributed by atoms with van der Waals surface area (Å²) in [6.07, 6.45) is 6.78. The molecule has 1 rings (SSSR count). The summed E-state index contributed by atoms with van der Waals surface area (Å²) >= 11 is 0. The molecule has 14 heavy (non-hydrogen) atoms. The summed E-state index contributed by atoms with van der Waals surface area (Å²) in [5.74, 6) is 6.01. The van der Waals surface area contributed by atoms with Crippen LogP contribution in [0.5, 0.6) is 0 Å². The van der Waals surface area contributed by atoms with Gasteiger partial charge in [0.15, 0.2) is 6.29 Å². The fourth-order valence-corrected chi connectivity index (χ4v) is 1.32. The molecule has 2 heteroatoms. The Bertz CT molecular complexity index is 206. The van der Waals surface area contributed by atoms with Crippen molar-refractivity contribution in [1.29, 1.82) is 0 Å². The minimum atomic E-state index is 0.0185. The standard InChI is InChI=1S/C12H18O2/c1-2-3-4-5-7-10-13-12-9-6-8-11-14-12/h2,12H,1,3,6-11H2. The van der Waals surface area contributed by atoms with Crippen molar-refractivity contribution in [2.24, 2.45) is 0 Å². The summed E-state index contributed by atoms with van der Waals surface area (Å²) in [4.78, 5) is 0. The molecular formula is C12H18O2. The maximum atomic E-state index is 5.51. The molecule has 1 aliphatic rings. The monoisotopic (exact) mass is 194 g/mol. The third kappa shape index (κ3) is 5.06. The Morgan fingerprint density at radius 2 is 2.36 bits per heavy atom. The zero-order valence-corrected chi connectivity index (χ0v) is 8.63. The van der Waals surface area contributed by atoms with Gasteiger partial charge in [-0.05, 0) is 19.3 Å². The number of allylic oxidation sites excluding steroid dienone is 1. The summed E-state index contributed by atoms with van der Waals surface area (Å²) in [6, 6.07) is 0. The van der Waals surface area contributed by atoms with Crippen LogP contribution < -0.4 is 0 Å². The van der Waals surface area contributed by atoms with Crippen molar-refractivity contribution >= 4 is 0 Å². The topological polar surface area (TPSA) is 18.5 Å². The van der Waals surface area contributed by atoms with E-state index in [1.165, 1.54) is 12.8 Å². The Morgan fingerprint density at radius 1 is 1.43 bits per heavy atom. The third-order valence-electron chi connectivity index (χ3n) is 2.04. The summed E-state index contributed by atoms with van der Waals surface area (Å²) in [5.41, 5.74) is 0. The Hall–Kier alpha value is -0.780. The second kappa shape index (κ2) is 7.61. The Kier molecular flexibility index (Phi) is 6.14. The predicted octanol–water partition coefficient (Wildman–Crippen LogP) is 2.50. The highest BCUT2D eigenvalue weighted by Crippen LogP contribution is 2.13. The van der Waals surface area contributed by atoms with Crippen LogP contribution in [-0.2, 0) is 9.47 Å². The molecule has 0 aromatic carbocycles. The van der Waals surface area contributed by atoms with Gasteiger partial charge in [-0.3, -0.25) is 0 Å². The second-order valence-electron chi connectivity index (χ2n) is 3.26. The van der Waals surface area contributed by atoms with Gasteiger partial charge in [0.25, 0.3) is 0 Å². The van der Waals surface area contributed by atoms with Crippen molar-refractivity contribution < 1.29 is 9.47 Å². The Balaban J connectivity index is 1.98. The van der Waals surface area contributed by atoms with Gasteiger partial charge < -0.3 is 9.47 Å². The van der Waals surface area contributed by atoms with Crippen molar-refractivity contribution in [3.63, 3.8) is 0 Å². The van der Waals surface area contributed by atoms with E-state index < -0.39 is 0 Å². The molecule has 78 valence electrons. The molecule has 1 aliphatic heterocycles. The fraction of sp³-hybridized carbons (Fsp3) is 0.667. The van der Waals surface area contributed by atoms with Gasteiger partial charge in [-0.1, -0.05) is 12.0 Å². The number of ether oxygens (including phenoxy) is 2. The normalized spacial score (nSPS) is 21.0. The van der Waals surface area contributed by atoms with Crippen LogP contribution in [-0.4, -0.2) is 19.5 Å². The third-order valence-corrected chi connectivity index (χ3v) is 2.04. The molecule has 0 aromatic heterocycles. The zero-order chi connectivity index (χ0) is 10.1. The number of hydrogen-bond donors (Lipinski definition) is 0. The van der Waals surface area contributed by atoms with Crippen molar-refractivity contribution in [2.75, 3.05) is 13.2 Å².